The average molecular weight is 220 g/mol. The van der Waals surface area contributed by atoms with Crippen LogP contribution in [0.25, 0.3) is 0 Å². The molecule has 0 fully saturated rings. The lowest BCUT2D eigenvalue weighted by Gasteiger charge is -2.12. The van der Waals surface area contributed by atoms with Gasteiger partial charge in [0.05, 0.1) is 0 Å². The normalized spacial score (nSPS) is 14.0. The lowest BCUT2D eigenvalue weighted by atomic mass is 10.1. The Labute approximate surface area is 85.5 Å². The van der Waals surface area contributed by atoms with E-state index in [0.717, 1.165) is 5.56 Å². The second kappa shape index (κ2) is 4.73. The molecular weight excluding hydrogens is 209 g/mol. The zero-order valence-corrected chi connectivity index (χ0v) is 8.53. The first-order valence-electron chi connectivity index (χ1n) is 4.26. The van der Waals surface area contributed by atoms with Crippen LogP contribution in [-0.2, 0) is 6.42 Å². The molecule has 1 aromatic carbocycles. The summed E-state index contributed by atoms with van der Waals surface area (Å²) in [7, 11) is 0. The van der Waals surface area contributed by atoms with Gasteiger partial charge in [0, 0.05) is 5.25 Å². The molecule has 0 aliphatic rings. The van der Waals surface area contributed by atoms with E-state index in [1.165, 1.54) is 0 Å². The molecule has 1 aromatic rings. The third-order valence-corrected chi connectivity index (χ3v) is 2.54. The van der Waals surface area contributed by atoms with Crippen molar-refractivity contribution in [3.63, 3.8) is 0 Å². The molecule has 0 radical (unpaired) electrons. The van der Waals surface area contributed by atoms with Crippen LogP contribution >= 0.6 is 11.8 Å². The average Bonchev–Trinajstić information content (AvgIpc) is 2.02. The molecule has 0 nitrogen and oxygen atoms in total. The van der Waals surface area contributed by atoms with Crippen molar-refractivity contribution in [1.82, 2.24) is 0 Å². The van der Waals surface area contributed by atoms with Crippen molar-refractivity contribution in [2.45, 2.75) is 24.1 Å². The maximum atomic E-state index is 12.0. The van der Waals surface area contributed by atoms with E-state index >= 15 is 0 Å². The van der Waals surface area contributed by atoms with Crippen molar-refractivity contribution in [1.29, 1.82) is 0 Å². The van der Waals surface area contributed by atoms with Crippen LogP contribution in [0.2, 0.25) is 0 Å². The van der Waals surface area contributed by atoms with Crippen molar-refractivity contribution in [2.75, 3.05) is 0 Å². The highest BCUT2D eigenvalue weighted by Crippen LogP contribution is 2.34. The van der Waals surface area contributed by atoms with Gasteiger partial charge in [0.15, 0.2) is 0 Å². The molecule has 0 N–H and O–H groups in total. The first kappa shape index (κ1) is 11.4. The number of hydrogen-bond donors (Lipinski definition) is 0. The number of alkyl halides is 3. The molecule has 1 atom stereocenters. The van der Waals surface area contributed by atoms with Crippen LogP contribution in [0.4, 0.5) is 13.2 Å². The summed E-state index contributed by atoms with van der Waals surface area (Å²) in [6.45, 7) is 1.59. The van der Waals surface area contributed by atoms with E-state index in [2.05, 4.69) is 0 Å². The summed E-state index contributed by atoms with van der Waals surface area (Å²) in [6, 6.07) is 9.20. The molecule has 1 rings (SSSR count). The molecule has 0 bridgehead atoms. The first-order chi connectivity index (χ1) is 6.47. The molecule has 0 aromatic heterocycles. The van der Waals surface area contributed by atoms with Crippen molar-refractivity contribution in [3.8, 4) is 0 Å². The van der Waals surface area contributed by atoms with Gasteiger partial charge in [-0.1, -0.05) is 37.3 Å². The summed E-state index contributed by atoms with van der Waals surface area (Å²) in [4.78, 5) is 0. The molecule has 0 saturated heterocycles. The minimum absolute atomic E-state index is 0.0516. The molecule has 0 saturated carbocycles. The quantitative estimate of drug-likeness (QED) is 0.745. The Hall–Kier alpha value is -0.640. The fourth-order valence-electron chi connectivity index (χ4n) is 1.22. The summed E-state index contributed by atoms with van der Waals surface area (Å²) in [6.07, 6.45) is 0.449. The number of halogens is 3. The second-order valence-electron chi connectivity index (χ2n) is 3.06. The number of hydrogen-bond acceptors (Lipinski definition) is 1. The first-order valence-corrected chi connectivity index (χ1v) is 5.14. The Morgan fingerprint density at radius 1 is 1.21 bits per heavy atom. The maximum Gasteiger partial charge on any atom is 0.442 e. The Morgan fingerprint density at radius 2 is 1.79 bits per heavy atom. The smallest absolute Gasteiger partial charge is 0.160 e. The van der Waals surface area contributed by atoms with E-state index < -0.39 is 10.8 Å². The molecule has 0 spiro atoms. The molecule has 4 heteroatoms. The summed E-state index contributed by atoms with van der Waals surface area (Å²) >= 11 is 0.0516. The van der Waals surface area contributed by atoms with E-state index in [1.54, 1.807) is 6.92 Å². The van der Waals surface area contributed by atoms with Crippen LogP contribution < -0.4 is 0 Å². The van der Waals surface area contributed by atoms with Crippen molar-refractivity contribution in [2.24, 2.45) is 0 Å². The number of thioether (sulfide) groups is 1. The third-order valence-electron chi connectivity index (χ3n) is 1.70. The fourth-order valence-corrected chi connectivity index (χ4v) is 1.95. The van der Waals surface area contributed by atoms with Gasteiger partial charge in [-0.25, -0.2) is 0 Å². The number of benzene rings is 1. The standard InChI is InChI=1S/C10H11F3S/c1-8(14-10(11,12)13)7-9-5-3-2-4-6-9/h2-6,8H,7H2,1H3. The molecule has 0 amide bonds. The maximum absolute atomic E-state index is 12.0. The van der Waals surface area contributed by atoms with Crippen LogP contribution in [0.1, 0.15) is 12.5 Å². The van der Waals surface area contributed by atoms with Crippen molar-refractivity contribution >= 4 is 11.8 Å². The predicted octanol–water partition coefficient (Wildman–Crippen LogP) is 3.87. The Balaban J connectivity index is 2.46. The summed E-state index contributed by atoms with van der Waals surface area (Å²) in [5.74, 6) is 0. The van der Waals surface area contributed by atoms with Crippen molar-refractivity contribution in [3.05, 3.63) is 35.9 Å². The topological polar surface area (TPSA) is 0 Å². The van der Waals surface area contributed by atoms with Gasteiger partial charge in [0.2, 0.25) is 0 Å². The van der Waals surface area contributed by atoms with Gasteiger partial charge in [-0.15, -0.1) is 0 Å². The summed E-state index contributed by atoms with van der Waals surface area (Å²) in [5, 5.41) is -0.433. The largest absolute Gasteiger partial charge is 0.442 e. The predicted molar refractivity (Wildman–Crippen MR) is 53.3 cm³/mol. The van der Waals surface area contributed by atoms with Gasteiger partial charge < -0.3 is 0 Å². The Morgan fingerprint density at radius 3 is 2.29 bits per heavy atom. The molecule has 0 aliphatic carbocycles. The van der Waals surface area contributed by atoms with E-state index in [9.17, 15) is 13.2 Å². The van der Waals surface area contributed by atoms with Gasteiger partial charge in [0.1, 0.15) is 0 Å². The van der Waals surface area contributed by atoms with Gasteiger partial charge in [0.25, 0.3) is 0 Å². The van der Waals surface area contributed by atoms with E-state index in [4.69, 9.17) is 0 Å². The SMILES string of the molecule is CC(Cc1ccccc1)SC(F)(F)F. The van der Waals surface area contributed by atoms with Gasteiger partial charge in [-0.05, 0) is 23.7 Å². The lowest BCUT2D eigenvalue weighted by Crippen LogP contribution is -2.10. The van der Waals surface area contributed by atoms with Crippen LogP contribution in [0, 0.1) is 0 Å². The van der Waals surface area contributed by atoms with Crippen molar-refractivity contribution < 1.29 is 13.2 Å². The highest BCUT2D eigenvalue weighted by atomic mass is 32.2. The molecule has 14 heavy (non-hydrogen) atoms. The van der Waals surface area contributed by atoms with Gasteiger partial charge in [-0.2, -0.15) is 13.2 Å². The van der Waals surface area contributed by atoms with Crippen LogP contribution in [0.5, 0.6) is 0 Å². The van der Waals surface area contributed by atoms with Gasteiger partial charge in [-0.3, -0.25) is 0 Å². The van der Waals surface area contributed by atoms with Crippen LogP contribution in [-0.4, -0.2) is 10.8 Å². The van der Waals surface area contributed by atoms with E-state index in [0.29, 0.717) is 6.42 Å². The lowest BCUT2D eigenvalue weighted by molar-refractivity contribution is -0.0332. The fraction of sp³-hybridized carbons (Fsp3) is 0.400. The highest BCUT2D eigenvalue weighted by molar-refractivity contribution is 8.00. The zero-order valence-electron chi connectivity index (χ0n) is 7.71. The van der Waals surface area contributed by atoms with Gasteiger partial charge >= 0.3 is 5.51 Å². The van der Waals surface area contributed by atoms with E-state index in [1.807, 2.05) is 30.3 Å². The summed E-state index contributed by atoms with van der Waals surface area (Å²) < 4.78 is 35.9. The molecule has 0 heterocycles. The monoisotopic (exact) mass is 220 g/mol. The molecule has 1 unspecified atom stereocenters. The second-order valence-corrected chi connectivity index (χ2v) is 4.57. The zero-order chi connectivity index (χ0) is 10.6. The van der Waals surface area contributed by atoms with E-state index in [-0.39, 0.29) is 11.8 Å². The molecule has 0 aliphatic heterocycles. The number of rotatable bonds is 3. The molecule has 78 valence electrons. The summed E-state index contributed by atoms with van der Waals surface area (Å²) in [5.41, 5.74) is -3.19. The Bertz CT molecular complexity index is 268. The minimum atomic E-state index is -4.13. The molecular formula is C10H11F3S. The highest BCUT2D eigenvalue weighted by Gasteiger charge is 2.30. The minimum Gasteiger partial charge on any atom is -0.160 e. The van der Waals surface area contributed by atoms with Crippen LogP contribution in [0.15, 0.2) is 30.3 Å². The third kappa shape index (κ3) is 4.56. The Kier molecular flexibility index (Phi) is 3.86. The van der Waals surface area contributed by atoms with Crippen LogP contribution in [0.3, 0.4) is 0 Å².